The van der Waals surface area contributed by atoms with Crippen molar-refractivity contribution in [2.24, 2.45) is 0 Å². The Morgan fingerprint density at radius 1 is 1.08 bits per heavy atom. The summed E-state index contributed by atoms with van der Waals surface area (Å²) in [6, 6.07) is 16.4. The molecule has 0 N–H and O–H groups in total. The Labute approximate surface area is 140 Å². The average molecular weight is 345 g/mol. The standard InChI is InChI=1S/C16H15N3O4S/c17-10-11-18(12-14-6-2-1-3-7-14)24(22,23)13-15-8-4-5-9-16(15)19(20)21/h1-9H,11-13H2. The fraction of sp³-hybridized carbons (Fsp3) is 0.188. The van der Waals surface area contributed by atoms with Crippen LogP contribution >= 0.6 is 0 Å². The number of sulfonamides is 1. The second-order valence-corrected chi connectivity index (χ2v) is 7.02. The van der Waals surface area contributed by atoms with Crippen LogP contribution in [0.3, 0.4) is 0 Å². The van der Waals surface area contributed by atoms with Crippen molar-refractivity contribution in [2.45, 2.75) is 12.3 Å². The number of hydrogen-bond donors (Lipinski definition) is 0. The second-order valence-electron chi connectivity index (χ2n) is 5.05. The SMILES string of the molecule is N#CCN(Cc1ccccc1)S(=O)(=O)Cc1ccccc1[N+](=O)[O-]. The summed E-state index contributed by atoms with van der Waals surface area (Å²) in [4.78, 5) is 10.4. The van der Waals surface area contributed by atoms with E-state index in [9.17, 15) is 18.5 Å². The fourth-order valence-electron chi connectivity index (χ4n) is 2.22. The van der Waals surface area contributed by atoms with Gasteiger partial charge in [-0.05, 0) is 5.56 Å². The van der Waals surface area contributed by atoms with Crippen molar-refractivity contribution in [2.75, 3.05) is 6.54 Å². The molecule has 2 rings (SSSR count). The van der Waals surface area contributed by atoms with Crippen LogP contribution in [0.1, 0.15) is 11.1 Å². The van der Waals surface area contributed by atoms with Crippen molar-refractivity contribution in [3.63, 3.8) is 0 Å². The molecule has 0 aromatic heterocycles. The molecule has 2 aromatic carbocycles. The number of nitrogens with zero attached hydrogens (tertiary/aromatic N) is 3. The summed E-state index contributed by atoms with van der Waals surface area (Å²) in [5, 5.41) is 20.0. The third-order valence-corrected chi connectivity index (χ3v) is 5.09. The Hall–Kier alpha value is -2.76. The van der Waals surface area contributed by atoms with Gasteiger partial charge >= 0.3 is 0 Å². The molecule has 0 amide bonds. The highest BCUT2D eigenvalue weighted by Gasteiger charge is 2.26. The lowest BCUT2D eigenvalue weighted by molar-refractivity contribution is -0.385. The van der Waals surface area contributed by atoms with Gasteiger partial charge in [-0.1, -0.05) is 48.5 Å². The highest BCUT2D eigenvalue weighted by atomic mass is 32.2. The molecular weight excluding hydrogens is 330 g/mol. The number of nitro benzene ring substituents is 1. The minimum atomic E-state index is -3.89. The Bertz CT molecular complexity index is 860. The predicted octanol–water partition coefficient (Wildman–Crippen LogP) is 2.45. The lowest BCUT2D eigenvalue weighted by atomic mass is 10.2. The molecule has 0 saturated heterocycles. The van der Waals surface area contributed by atoms with Crippen LogP contribution < -0.4 is 0 Å². The smallest absolute Gasteiger partial charge is 0.258 e. The van der Waals surface area contributed by atoms with Crippen LogP contribution in [-0.4, -0.2) is 24.2 Å². The lowest BCUT2D eigenvalue weighted by Crippen LogP contribution is -2.32. The van der Waals surface area contributed by atoms with Crippen molar-refractivity contribution in [1.82, 2.24) is 4.31 Å². The number of benzene rings is 2. The zero-order chi connectivity index (χ0) is 17.6. The number of nitriles is 1. The molecule has 2 aromatic rings. The van der Waals surface area contributed by atoms with Crippen molar-refractivity contribution >= 4 is 15.7 Å². The van der Waals surface area contributed by atoms with Crippen LogP contribution in [0, 0.1) is 21.4 Å². The molecule has 0 aliphatic heterocycles. The van der Waals surface area contributed by atoms with E-state index in [-0.39, 0.29) is 24.3 Å². The van der Waals surface area contributed by atoms with Crippen LogP contribution in [0.25, 0.3) is 0 Å². The molecule has 124 valence electrons. The quantitative estimate of drug-likeness (QED) is 0.435. The highest BCUT2D eigenvalue weighted by Crippen LogP contribution is 2.22. The van der Waals surface area contributed by atoms with E-state index >= 15 is 0 Å². The van der Waals surface area contributed by atoms with E-state index in [1.54, 1.807) is 36.4 Å². The maximum absolute atomic E-state index is 12.6. The van der Waals surface area contributed by atoms with Gasteiger partial charge in [0.1, 0.15) is 6.54 Å². The maximum atomic E-state index is 12.6. The van der Waals surface area contributed by atoms with Gasteiger partial charge < -0.3 is 0 Å². The van der Waals surface area contributed by atoms with Crippen molar-refractivity contribution in [3.05, 3.63) is 75.8 Å². The van der Waals surface area contributed by atoms with Gasteiger partial charge in [0.25, 0.3) is 5.69 Å². The van der Waals surface area contributed by atoms with Crippen LogP contribution in [0.15, 0.2) is 54.6 Å². The van der Waals surface area contributed by atoms with Gasteiger partial charge in [-0.2, -0.15) is 9.57 Å². The Morgan fingerprint density at radius 2 is 1.71 bits per heavy atom. The molecule has 0 radical (unpaired) electrons. The highest BCUT2D eigenvalue weighted by molar-refractivity contribution is 7.88. The summed E-state index contributed by atoms with van der Waals surface area (Å²) in [6.45, 7) is -0.283. The van der Waals surface area contributed by atoms with E-state index in [0.29, 0.717) is 0 Å². The largest absolute Gasteiger partial charge is 0.273 e. The lowest BCUT2D eigenvalue weighted by Gasteiger charge is -2.19. The first-order chi connectivity index (χ1) is 11.4. The van der Waals surface area contributed by atoms with E-state index in [1.165, 1.54) is 18.2 Å². The molecule has 8 heteroatoms. The average Bonchev–Trinajstić information content (AvgIpc) is 2.55. The van der Waals surface area contributed by atoms with E-state index in [4.69, 9.17) is 5.26 Å². The van der Waals surface area contributed by atoms with Crippen LogP contribution in [-0.2, 0) is 22.3 Å². The number of nitro groups is 1. The van der Waals surface area contributed by atoms with Gasteiger partial charge in [-0.25, -0.2) is 8.42 Å². The third kappa shape index (κ3) is 4.38. The Kier molecular flexibility index (Phi) is 5.63. The molecule has 0 heterocycles. The summed E-state index contributed by atoms with van der Waals surface area (Å²) < 4.78 is 26.3. The molecule has 0 saturated carbocycles. The zero-order valence-corrected chi connectivity index (χ0v) is 13.5. The number of hydrogen-bond acceptors (Lipinski definition) is 5. The zero-order valence-electron chi connectivity index (χ0n) is 12.7. The predicted molar refractivity (Wildman–Crippen MR) is 88.2 cm³/mol. The number of para-hydroxylation sites is 1. The summed E-state index contributed by atoms with van der Waals surface area (Å²) in [5.74, 6) is -0.529. The van der Waals surface area contributed by atoms with Crippen molar-refractivity contribution in [3.8, 4) is 6.07 Å². The minimum Gasteiger partial charge on any atom is -0.258 e. The molecule has 0 aliphatic rings. The van der Waals surface area contributed by atoms with Crippen LogP contribution in [0.2, 0.25) is 0 Å². The minimum absolute atomic E-state index is 0.0391. The number of rotatable bonds is 7. The summed E-state index contributed by atoms with van der Waals surface area (Å²) >= 11 is 0. The van der Waals surface area contributed by atoms with E-state index in [0.717, 1.165) is 9.87 Å². The van der Waals surface area contributed by atoms with Crippen molar-refractivity contribution in [1.29, 1.82) is 5.26 Å². The van der Waals surface area contributed by atoms with Gasteiger partial charge in [0.05, 0.1) is 16.7 Å². The van der Waals surface area contributed by atoms with Crippen molar-refractivity contribution < 1.29 is 13.3 Å². The van der Waals surface area contributed by atoms with Crippen LogP contribution in [0.5, 0.6) is 0 Å². The topological polar surface area (TPSA) is 104 Å². The fourth-order valence-corrected chi connectivity index (χ4v) is 3.64. The summed E-state index contributed by atoms with van der Waals surface area (Å²) in [7, 11) is -3.89. The first kappa shape index (κ1) is 17.6. The Morgan fingerprint density at radius 3 is 2.33 bits per heavy atom. The van der Waals surface area contributed by atoms with Gasteiger partial charge in [0.15, 0.2) is 0 Å². The van der Waals surface area contributed by atoms with Gasteiger partial charge in [-0.15, -0.1) is 0 Å². The van der Waals surface area contributed by atoms with Gasteiger partial charge in [0, 0.05) is 18.2 Å². The summed E-state index contributed by atoms with van der Waals surface area (Å²) in [5.41, 5.74) is 0.579. The van der Waals surface area contributed by atoms with Gasteiger partial charge in [-0.3, -0.25) is 10.1 Å². The molecule has 0 spiro atoms. The molecule has 0 atom stereocenters. The summed E-state index contributed by atoms with van der Waals surface area (Å²) in [6.07, 6.45) is 0. The molecule has 0 unspecified atom stereocenters. The second kappa shape index (κ2) is 7.68. The normalized spacial score (nSPS) is 11.2. The maximum Gasteiger partial charge on any atom is 0.273 e. The first-order valence-electron chi connectivity index (χ1n) is 7.05. The van der Waals surface area contributed by atoms with Gasteiger partial charge in [0.2, 0.25) is 10.0 Å². The molecule has 0 aliphatic carbocycles. The Balaban J connectivity index is 2.29. The first-order valence-corrected chi connectivity index (χ1v) is 8.66. The monoisotopic (exact) mass is 345 g/mol. The molecule has 0 fully saturated rings. The third-order valence-electron chi connectivity index (χ3n) is 3.37. The molecule has 24 heavy (non-hydrogen) atoms. The van der Waals surface area contributed by atoms with E-state index in [2.05, 4.69) is 0 Å². The molecule has 0 bridgehead atoms. The molecular formula is C16H15N3O4S. The van der Waals surface area contributed by atoms with E-state index in [1.807, 2.05) is 6.07 Å². The van der Waals surface area contributed by atoms with E-state index < -0.39 is 20.7 Å². The molecule has 7 nitrogen and oxygen atoms in total. The van der Waals surface area contributed by atoms with Crippen LogP contribution in [0.4, 0.5) is 5.69 Å².